The molecule has 0 bridgehead atoms. The average molecular weight is 731 g/mol. The number of rotatable bonds is 16. The molecule has 0 amide bonds. The zero-order chi connectivity index (χ0) is 39.7. The Hall–Kier alpha value is -4.44. The number of allylic oxidation sites excluding steroid dienone is 18. The standard InChI is InChI=1S/C50H66O4/c1-37(21-27-45-41(5)19-13-31-49(45,7)8)15-11-17-39(3)29-33-53-47(51)35-43-23-25-44(26-24-43)36-48(52)54-34-30-40(4)18-12-16-38(2)22-28-46-42(6)20-14-32-50(46,9)10/h11-12,15-18,21-30H,13-14,19-20,31-36H2,1-10H3/b17-11+,18-12+,27-21+,28-22+,37-15+,38-16+,39-29+,40-30+. The van der Waals surface area contributed by atoms with Crippen LogP contribution in [0.1, 0.15) is 119 Å². The van der Waals surface area contributed by atoms with Crippen molar-refractivity contribution in [1.29, 1.82) is 0 Å². The zero-order valence-electron chi connectivity index (χ0n) is 34.9. The predicted octanol–water partition coefficient (Wildman–Crippen LogP) is 12.9. The van der Waals surface area contributed by atoms with Crippen molar-refractivity contribution in [1.82, 2.24) is 0 Å². The van der Waals surface area contributed by atoms with E-state index in [9.17, 15) is 9.59 Å². The van der Waals surface area contributed by atoms with E-state index in [1.54, 1.807) is 0 Å². The van der Waals surface area contributed by atoms with Gasteiger partial charge >= 0.3 is 11.9 Å². The number of benzene rings is 1. The fourth-order valence-corrected chi connectivity index (χ4v) is 7.14. The molecule has 0 saturated carbocycles. The third-order valence-corrected chi connectivity index (χ3v) is 10.6. The first-order valence-electron chi connectivity index (χ1n) is 19.7. The first kappa shape index (κ1) is 44.0. The van der Waals surface area contributed by atoms with E-state index in [1.807, 2.05) is 74.6 Å². The maximum atomic E-state index is 12.4. The summed E-state index contributed by atoms with van der Waals surface area (Å²) in [5, 5.41) is 0. The number of carbonyl (C=O) groups excluding carboxylic acids is 2. The van der Waals surface area contributed by atoms with Crippen LogP contribution >= 0.6 is 0 Å². The zero-order valence-corrected chi connectivity index (χ0v) is 34.9. The Morgan fingerprint density at radius 1 is 0.593 bits per heavy atom. The fourth-order valence-electron chi connectivity index (χ4n) is 7.14. The van der Waals surface area contributed by atoms with Gasteiger partial charge in [0.1, 0.15) is 13.2 Å². The van der Waals surface area contributed by atoms with Crippen LogP contribution in [0.2, 0.25) is 0 Å². The van der Waals surface area contributed by atoms with Crippen molar-refractivity contribution in [3.63, 3.8) is 0 Å². The van der Waals surface area contributed by atoms with E-state index >= 15 is 0 Å². The molecule has 0 unspecified atom stereocenters. The summed E-state index contributed by atoms with van der Waals surface area (Å²) >= 11 is 0. The van der Waals surface area contributed by atoms with Crippen molar-refractivity contribution in [2.75, 3.05) is 13.2 Å². The van der Waals surface area contributed by atoms with Crippen LogP contribution in [0.4, 0.5) is 0 Å². The quantitative estimate of drug-likeness (QED) is 0.126. The van der Waals surface area contributed by atoms with Crippen LogP contribution in [0.3, 0.4) is 0 Å². The first-order valence-corrected chi connectivity index (χ1v) is 19.7. The predicted molar refractivity (Wildman–Crippen MR) is 228 cm³/mol. The third-order valence-electron chi connectivity index (χ3n) is 10.6. The summed E-state index contributed by atoms with van der Waals surface area (Å²) in [6, 6.07) is 7.43. The molecule has 0 aliphatic heterocycles. The topological polar surface area (TPSA) is 52.6 Å². The molecule has 4 nitrogen and oxygen atoms in total. The lowest BCUT2D eigenvalue weighted by Crippen LogP contribution is -2.19. The lowest BCUT2D eigenvalue weighted by molar-refractivity contribution is -0.142. The van der Waals surface area contributed by atoms with E-state index in [4.69, 9.17) is 9.47 Å². The number of hydrogen-bond donors (Lipinski definition) is 0. The lowest BCUT2D eigenvalue weighted by atomic mass is 9.72. The van der Waals surface area contributed by atoms with E-state index in [2.05, 4.69) is 91.8 Å². The van der Waals surface area contributed by atoms with Gasteiger partial charge < -0.3 is 9.47 Å². The largest absolute Gasteiger partial charge is 0.461 e. The molecule has 4 heteroatoms. The molecule has 0 saturated heterocycles. The Kier molecular flexibility index (Phi) is 17.5. The highest BCUT2D eigenvalue weighted by molar-refractivity contribution is 5.74. The molecule has 0 radical (unpaired) electrons. The first-order chi connectivity index (χ1) is 25.6. The van der Waals surface area contributed by atoms with Crippen molar-refractivity contribution >= 4 is 11.9 Å². The van der Waals surface area contributed by atoms with E-state index in [0.717, 1.165) is 22.3 Å². The molecule has 2 aliphatic rings. The molecule has 290 valence electrons. The second-order valence-corrected chi connectivity index (χ2v) is 16.5. The third kappa shape index (κ3) is 15.5. The van der Waals surface area contributed by atoms with Crippen LogP contribution in [0.15, 0.2) is 142 Å². The van der Waals surface area contributed by atoms with Crippen molar-refractivity contribution in [2.24, 2.45) is 10.8 Å². The van der Waals surface area contributed by atoms with Crippen LogP contribution in [0.25, 0.3) is 0 Å². The SMILES string of the molecule is CC1=C(/C=C/C(C)=C/C=C/C(C)=C/COC(=O)Cc2ccc(CC(=O)OC/C=C(C)/C=C/C=C(C)/C=C/C3=C(C)CCCC3(C)C)cc2)C(C)(C)CCC1. The van der Waals surface area contributed by atoms with Crippen LogP contribution in [-0.2, 0) is 31.9 Å². The summed E-state index contributed by atoms with van der Waals surface area (Å²) in [5.41, 5.74) is 12.5. The van der Waals surface area contributed by atoms with Gasteiger partial charge in [0.05, 0.1) is 12.8 Å². The Morgan fingerprint density at radius 3 is 1.31 bits per heavy atom. The smallest absolute Gasteiger partial charge is 0.310 e. The minimum Gasteiger partial charge on any atom is -0.461 e. The Morgan fingerprint density at radius 2 is 0.963 bits per heavy atom. The molecule has 0 N–H and O–H groups in total. The van der Waals surface area contributed by atoms with Crippen molar-refractivity contribution in [3.8, 4) is 0 Å². The van der Waals surface area contributed by atoms with Gasteiger partial charge in [-0.25, -0.2) is 0 Å². The minimum atomic E-state index is -0.291. The van der Waals surface area contributed by atoms with Gasteiger partial charge in [-0.15, -0.1) is 0 Å². The van der Waals surface area contributed by atoms with Crippen LogP contribution in [-0.4, -0.2) is 25.2 Å². The fraction of sp³-hybridized carbons (Fsp3) is 0.440. The summed E-state index contributed by atoms with van der Waals surface area (Å²) in [5.74, 6) is -0.582. The van der Waals surface area contributed by atoms with Crippen molar-refractivity contribution < 1.29 is 19.1 Å². The summed E-state index contributed by atoms with van der Waals surface area (Å²) in [4.78, 5) is 24.9. The van der Waals surface area contributed by atoms with Crippen LogP contribution in [0.5, 0.6) is 0 Å². The van der Waals surface area contributed by atoms with Gasteiger partial charge in [0.25, 0.3) is 0 Å². The molecular formula is C50H66O4. The number of carbonyl (C=O) groups is 2. The van der Waals surface area contributed by atoms with Gasteiger partial charge in [0, 0.05) is 0 Å². The van der Waals surface area contributed by atoms with Crippen LogP contribution < -0.4 is 0 Å². The van der Waals surface area contributed by atoms with Gasteiger partial charge in [0.2, 0.25) is 0 Å². The van der Waals surface area contributed by atoms with Crippen molar-refractivity contribution in [3.05, 3.63) is 153 Å². The second-order valence-electron chi connectivity index (χ2n) is 16.5. The average Bonchev–Trinajstić information content (AvgIpc) is 3.08. The molecule has 54 heavy (non-hydrogen) atoms. The van der Waals surface area contributed by atoms with E-state index in [-0.39, 0.29) is 48.8 Å². The summed E-state index contributed by atoms with van der Waals surface area (Å²) in [7, 11) is 0. The molecule has 0 atom stereocenters. The molecule has 1 aromatic carbocycles. The molecule has 0 fully saturated rings. The molecule has 1 aromatic rings. The van der Waals surface area contributed by atoms with E-state index < -0.39 is 0 Å². The molecule has 0 aromatic heterocycles. The van der Waals surface area contributed by atoms with Crippen molar-refractivity contribution in [2.45, 2.75) is 121 Å². The maximum absolute atomic E-state index is 12.4. The minimum absolute atomic E-state index is 0.174. The highest BCUT2D eigenvalue weighted by atomic mass is 16.5. The summed E-state index contributed by atoms with van der Waals surface area (Å²) in [6.45, 7) is 22.5. The monoisotopic (exact) mass is 730 g/mol. The van der Waals surface area contributed by atoms with Gasteiger partial charge in [-0.3, -0.25) is 9.59 Å². The van der Waals surface area contributed by atoms with Gasteiger partial charge in [0.15, 0.2) is 0 Å². The molecule has 3 rings (SSSR count). The summed E-state index contributed by atoms with van der Waals surface area (Å²) in [6.07, 6.45) is 32.8. The highest BCUT2D eigenvalue weighted by Crippen LogP contribution is 2.41. The molecule has 2 aliphatic carbocycles. The number of ether oxygens (including phenoxy) is 2. The Balaban J connectivity index is 1.36. The molecule has 0 heterocycles. The maximum Gasteiger partial charge on any atom is 0.310 e. The molecular weight excluding hydrogens is 665 g/mol. The van der Waals surface area contributed by atoms with Gasteiger partial charge in [-0.1, -0.05) is 146 Å². The number of esters is 2. The summed E-state index contributed by atoms with van der Waals surface area (Å²) < 4.78 is 10.9. The Labute approximate surface area is 327 Å². The highest BCUT2D eigenvalue weighted by Gasteiger charge is 2.27. The van der Waals surface area contributed by atoms with E-state index in [1.165, 1.54) is 72.0 Å². The molecule has 0 spiro atoms. The van der Waals surface area contributed by atoms with Gasteiger partial charge in [-0.05, 0) is 125 Å². The normalized spacial score (nSPS) is 18.9. The number of hydrogen-bond acceptors (Lipinski definition) is 4. The van der Waals surface area contributed by atoms with Crippen LogP contribution in [0, 0.1) is 10.8 Å². The van der Waals surface area contributed by atoms with Gasteiger partial charge in [-0.2, -0.15) is 0 Å². The van der Waals surface area contributed by atoms with E-state index in [0.29, 0.717) is 0 Å². The Bertz CT molecular complexity index is 1640. The lowest BCUT2D eigenvalue weighted by Gasteiger charge is -2.33. The second kappa shape index (κ2) is 21.4.